The van der Waals surface area contributed by atoms with Crippen molar-refractivity contribution in [3.63, 3.8) is 0 Å². The Hall–Kier alpha value is -3.31. The second-order valence-corrected chi connectivity index (χ2v) is 10.6. The molecule has 4 nitrogen and oxygen atoms in total. The molecule has 0 bridgehead atoms. The number of hydrogen-bond acceptors (Lipinski definition) is 4. The van der Waals surface area contributed by atoms with Gasteiger partial charge in [-0.1, -0.05) is 135 Å². The third kappa shape index (κ3) is 19.0. The maximum Gasteiger partial charge on any atom is 1.00 e. The van der Waals surface area contributed by atoms with Gasteiger partial charge >= 0.3 is 35.5 Å². The Balaban J connectivity index is -0.000000657. The van der Waals surface area contributed by atoms with Crippen molar-refractivity contribution in [3.05, 3.63) is 139 Å². The minimum Gasteiger partial charge on any atom is -1.00 e. The van der Waals surface area contributed by atoms with Crippen LogP contribution in [0.15, 0.2) is 128 Å². The Morgan fingerprint density at radius 2 is 1.31 bits per heavy atom. The minimum absolute atomic E-state index is 0. The number of carbonyl (C=O) groups is 3. The normalized spacial score (nSPS) is 12.0. The molecule has 0 N–H and O–H groups in total. The third-order valence-corrected chi connectivity index (χ3v) is 6.60. The number of esters is 1. The Kier molecular flexibility index (Phi) is 26.3. The fraction of sp³-hybridized carbons (Fsp3) is 0.325. The van der Waals surface area contributed by atoms with E-state index in [9.17, 15) is 14.4 Å². The molecule has 0 aromatic heterocycles. The summed E-state index contributed by atoms with van der Waals surface area (Å²) in [4.78, 5) is 35.2. The summed E-state index contributed by atoms with van der Waals surface area (Å²) < 4.78 is 4.74. The third-order valence-electron chi connectivity index (χ3n) is 6.60. The molecule has 0 spiro atoms. The molecule has 0 amide bonds. The maximum atomic E-state index is 12.4. The van der Waals surface area contributed by atoms with E-state index in [0.29, 0.717) is 13.0 Å². The van der Waals surface area contributed by atoms with Crippen LogP contribution in [-0.2, 0) is 19.1 Å². The number of Topliss-reactive ketones (excluding diaryl/α,β-unsaturated/α-hetero) is 2. The smallest absolute Gasteiger partial charge is 1.00 e. The SMILES string of the molecule is C/C=C/C=C/CC(C)C.C=CC(c1ccccc1)C(C/C=C/C=C/C)(C(C)=O)C(C)=O.CC(=O)OC/C=C/c1ccccc1.[H-].[Na+]. The summed E-state index contributed by atoms with van der Waals surface area (Å²) in [6, 6.07) is 19.5. The number of hydrogen-bond donors (Lipinski definition) is 0. The van der Waals surface area contributed by atoms with Crippen molar-refractivity contribution in [3.8, 4) is 0 Å². The average Bonchev–Trinajstić information content (AvgIpc) is 3.00. The van der Waals surface area contributed by atoms with Crippen LogP contribution in [-0.4, -0.2) is 24.1 Å². The number of ketones is 2. The molecule has 2 rings (SSSR count). The Bertz CT molecular complexity index is 1240. The van der Waals surface area contributed by atoms with Gasteiger partial charge in [0.2, 0.25) is 0 Å². The van der Waals surface area contributed by atoms with Crippen molar-refractivity contribution < 1.29 is 50.1 Å². The zero-order valence-electron chi connectivity index (χ0n) is 29.7. The quantitative estimate of drug-likeness (QED) is 0.0738. The minimum atomic E-state index is -1.10. The summed E-state index contributed by atoms with van der Waals surface area (Å²) in [6.07, 6.45) is 22.9. The average molecular weight is 621 g/mol. The molecular weight excluding hydrogens is 567 g/mol. The fourth-order valence-corrected chi connectivity index (χ4v) is 4.28. The van der Waals surface area contributed by atoms with Crippen molar-refractivity contribution in [2.24, 2.45) is 11.3 Å². The molecule has 1 unspecified atom stereocenters. The molecule has 0 fully saturated rings. The molecular formula is C40H53NaO4. The van der Waals surface area contributed by atoms with Crippen LogP contribution < -0.4 is 29.6 Å². The molecule has 0 aliphatic heterocycles. The number of carbonyl (C=O) groups excluding carboxylic acids is 3. The van der Waals surface area contributed by atoms with E-state index in [2.05, 4.69) is 38.7 Å². The molecule has 0 saturated heterocycles. The van der Waals surface area contributed by atoms with Crippen LogP contribution in [0.2, 0.25) is 0 Å². The van der Waals surface area contributed by atoms with Crippen molar-refractivity contribution in [2.75, 3.05) is 6.61 Å². The first-order valence-electron chi connectivity index (χ1n) is 15.2. The van der Waals surface area contributed by atoms with Crippen LogP contribution in [0.1, 0.15) is 79.8 Å². The van der Waals surface area contributed by atoms with E-state index in [1.165, 1.54) is 27.2 Å². The first-order valence-corrected chi connectivity index (χ1v) is 15.2. The summed E-state index contributed by atoms with van der Waals surface area (Å²) >= 11 is 0. The zero-order valence-corrected chi connectivity index (χ0v) is 30.7. The van der Waals surface area contributed by atoms with E-state index in [-0.39, 0.29) is 54.4 Å². The van der Waals surface area contributed by atoms with Gasteiger partial charge in [0.15, 0.2) is 0 Å². The molecule has 2 aromatic rings. The topological polar surface area (TPSA) is 60.4 Å². The van der Waals surface area contributed by atoms with Gasteiger partial charge in [0.1, 0.15) is 23.6 Å². The molecule has 0 saturated carbocycles. The molecule has 2 aromatic carbocycles. The van der Waals surface area contributed by atoms with Crippen LogP contribution in [0.25, 0.3) is 6.08 Å². The Morgan fingerprint density at radius 3 is 1.76 bits per heavy atom. The van der Waals surface area contributed by atoms with Crippen LogP contribution in [0.3, 0.4) is 0 Å². The predicted octanol–water partition coefficient (Wildman–Crippen LogP) is 7.19. The van der Waals surface area contributed by atoms with Gasteiger partial charge in [-0.25, -0.2) is 0 Å². The summed E-state index contributed by atoms with van der Waals surface area (Å²) in [6.45, 7) is 17.0. The largest absolute Gasteiger partial charge is 1.00 e. The molecule has 0 aliphatic rings. The number of benzene rings is 2. The first-order chi connectivity index (χ1) is 21.1. The van der Waals surface area contributed by atoms with Crippen LogP contribution in [0.4, 0.5) is 0 Å². The Morgan fingerprint density at radius 1 is 0.800 bits per heavy atom. The fourth-order valence-electron chi connectivity index (χ4n) is 4.28. The molecule has 45 heavy (non-hydrogen) atoms. The van der Waals surface area contributed by atoms with Gasteiger partial charge in [-0.15, -0.1) is 6.58 Å². The maximum absolute atomic E-state index is 12.4. The van der Waals surface area contributed by atoms with Crippen molar-refractivity contribution >= 4 is 23.6 Å². The van der Waals surface area contributed by atoms with Gasteiger partial charge in [-0.05, 0) is 63.7 Å². The van der Waals surface area contributed by atoms with E-state index in [1.807, 2.05) is 117 Å². The molecule has 5 heteroatoms. The van der Waals surface area contributed by atoms with Gasteiger partial charge in [0.05, 0.1) is 0 Å². The second kappa shape index (κ2) is 27.0. The molecule has 0 radical (unpaired) electrons. The van der Waals surface area contributed by atoms with E-state index in [1.54, 1.807) is 6.08 Å². The van der Waals surface area contributed by atoms with E-state index in [4.69, 9.17) is 4.74 Å². The second-order valence-electron chi connectivity index (χ2n) is 10.6. The van der Waals surface area contributed by atoms with E-state index in [0.717, 1.165) is 17.0 Å². The monoisotopic (exact) mass is 620 g/mol. The van der Waals surface area contributed by atoms with Crippen LogP contribution >= 0.6 is 0 Å². The summed E-state index contributed by atoms with van der Waals surface area (Å²) in [5.74, 6) is -0.0547. The van der Waals surface area contributed by atoms with Crippen molar-refractivity contribution in [1.82, 2.24) is 0 Å². The molecule has 0 heterocycles. The number of rotatable bonds is 14. The van der Waals surface area contributed by atoms with E-state index >= 15 is 0 Å². The van der Waals surface area contributed by atoms with Crippen LogP contribution in [0, 0.1) is 11.3 Å². The van der Waals surface area contributed by atoms with Gasteiger partial charge in [0.25, 0.3) is 0 Å². The zero-order chi connectivity index (χ0) is 33.2. The summed E-state index contributed by atoms with van der Waals surface area (Å²) in [5, 5.41) is 0. The summed E-state index contributed by atoms with van der Waals surface area (Å²) in [7, 11) is 0. The summed E-state index contributed by atoms with van der Waals surface area (Å²) in [5.41, 5.74) is 0.943. The first kappa shape index (κ1) is 43.8. The number of allylic oxidation sites excluding steroid dienone is 9. The molecule has 238 valence electrons. The predicted molar refractivity (Wildman–Crippen MR) is 188 cm³/mol. The Labute approximate surface area is 296 Å². The van der Waals surface area contributed by atoms with E-state index < -0.39 is 5.41 Å². The molecule has 0 aliphatic carbocycles. The van der Waals surface area contributed by atoms with Gasteiger partial charge < -0.3 is 6.16 Å². The van der Waals surface area contributed by atoms with Gasteiger partial charge in [0, 0.05) is 12.8 Å². The van der Waals surface area contributed by atoms with Crippen molar-refractivity contribution in [2.45, 2.75) is 67.2 Å². The standard InChI is InChI=1S/C20H24O2.C11H12O2.C9H16.Na.H/c1-5-7-8-12-15-20(16(3)21,17(4)22)19(6-2)18-13-10-9-11-14-18;1-10(12)13-9-5-8-11-6-3-2-4-7-11;1-4-5-6-7-8-9(2)3;;/h5-14,19H,2,15H2,1,3-4H3;2-8H,9H2,1H3;4-7,9H,8H2,1-3H3;;/q;;;+1;-1/b7-5+,12-8+;8-5+;5-4+,7-6+;;. The van der Waals surface area contributed by atoms with Gasteiger partial charge in [-0.3, -0.25) is 14.4 Å². The van der Waals surface area contributed by atoms with Gasteiger partial charge in [-0.2, -0.15) is 0 Å². The van der Waals surface area contributed by atoms with Crippen LogP contribution in [0.5, 0.6) is 0 Å². The van der Waals surface area contributed by atoms with Crippen molar-refractivity contribution in [1.29, 1.82) is 0 Å². The number of ether oxygens (including phenoxy) is 1. The molecule has 1 atom stereocenters.